The normalized spacial score (nSPS) is 13.8. The molecule has 0 bridgehead atoms. The number of unbranched alkanes of at least 4 members (excludes halogenated alkanes) is 12. The van der Waals surface area contributed by atoms with E-state index in [0.29, 0.717) is 19.3 Å². The fourth-order valence-corrected chi connectivity index (χ4v) is 5.54. The first-order valence-corrected chi connectivity index (χ1v) is 21.8. The first-order chi connectivity index (χ1) is 25.6. The minimum atomic E-state index is -4.78. The van der Waals surface area contributed by atoms with Crippen LogP contribution in [0.2, 0.25) is 0 Å². The van der Waals surface area contributed by atoms with Crippen LogP contribution in [0, 0.1) is 0 Å². The van der Waals surface area contributed by atoms with Crippen LogP contribution in [0.3, 0.4) is 0 Å². The van der Waals surface area contributed by atoms with E-state index < -0.39 is 32.5 Å². The maximum atomic E-state index is 12.4. The lowest BCUT2D eigenvalue weighted by atomic mass is 10.1. The molecule has 10 heteroatoms. The van der Waals surface area contributed by atoms with Crippen molar-refractivity contribution in [3.63, 3.8) is 0 Å². The van der Waals surface area contributed by atoms with Crippen molar-refractivity contribution in [2.75, 3.05) is 13.2 Å². The van der Waals surface area contributed by atoms with Gasteiger partial charge in [0.05, 0.1) is 12.7 Å². The predicted molar refractivity (Wildman–Crippen MR) is 217 cm³/mol. The minimum absolute atomic E-state index is 0.174. The van der Waals surface area contributed by atoms with E-state index in [1.165, 1.54) is 44.9 Å². The monoisotopic (exact) mass is 764 g/mol. The number of carbonyl (C=O) groups excluding carboxylic acids is 2. The average molecular weight is 765 g/mol. The largest absolute Gasteiger partial charge is 0.469 e. The molecule has 304 valence electrons. The lowest BCUT2D eigenvalue weighted by Gasteiger charge is -2.18. The van der Waals surface area contributed by atoms with Gasteiger partial charge in [-0.2, -0.15) is 0 Å². The predicted octanol–water partition coefficient (Wildman–Crippen LogP) is 11.3. The number of rotatable bonds is 36. The molecule has 53 heavy (non-hydrogen) atoms. The van der Waals surface area contributed by atoms with E-state index in [-0.39, 0.29) is 25.6 Å². The molecule has 0 aliphatic rings. The molecule has 0 rings (SSSR count). The van der Waals surface area contributed by atoms with Gasteiger partial charge in [-0.05, 0) is 96.8 Å². The third-order valence-corrected chi connectivity index (χ3v) is 8.70. The van der Waals surface area contributed by atoms with Crippen molar-refractivity contribution >= 4 is 19.8 Å². The van der Waals surface area contributed by atoms with Gasteiger partial charge < -0.3 is 24.4 Å². The second-order valence-corrected chi connectivity index (χ2v) is 14.8. The van der Waals surface area contributed by atoms with E-state index in [4.69, 9.17) is 19.3 Å². The standard InChI is InChI=1S/C43H73O9P/c1-3-4-5-6-7-8-9-10-11-12-15-19-22-25-28-31-34-37-43(46)52-41(39-51-53(47,48)49)38-50-42(45)36-33-30-27-24-21-18-16-13-14-17-20-23-26-29-32-35-40(2)44/h7-8,10-11,14,16-18,23-24,26-27,40-41,44H,3-6,9,12-13,15,19-22,25,28-39H2,1-2H3,(H2,47,48,49)/b8-7-,11-10-,17-14-,18-16-,26-23-,27-24-/t40-,41-/m1/s1. The first-order valence-electron chi connectivity index (χ1n) is 20.3. The molecule has 0 aliphatic heterocycles. The number of aliphatic hydroxyl groups excluding tert-OH is 1. The number of allylic oxidation sites excluding steroid dienone is 12. The van der Waals surface area contributed by atoms with Gasteiger partial charge in [0, 0.05) is 12.8 Å². The zero-order valence-corrected chi connectivity index (χ0v) is 33.9. The Morgan fingerprint density at radius 3 is 1.51 bits per heavy atom. The van der Waals surface area contributed by atoms with Gasteiger partial charge in [0.2, 0.25) is 0 Å². The van der Waals surface area contributed by atoms with Crippen LogP contribution in [0.1, 0.15) is 162 Å². The lowest BCUT2D eigenvalue weighted by molar-refractivity contribution is -0.161. The molecule has 3 N–H and O–H groups in total. The van der Waals surface area contributed by atoms with Crippen molar-refractivity contribution in [2.45, 2.75) is 174 Å². The van der Waals surface area contributed by atoms with Gasteiger partial charge in [-0.1, -0.05) is 125 Å². The highest BCUT2D eigenvalue weighted by molar-refractivity contribution is 7.46. The number of hydrogen-bond acceptors (Lipinski definition) is 7. The zero-order valence-electron chi connectivity index (χ0n) is 33.0. The van der Waals surface area contributed by atoms with Crippen molar-refractivity contribution in [3.8, 4) is 0 Å². The minimum Gasteiger partial charge on any atom is -0.462 e. The van der Waals surface area contributed by atoms with Crippen LogP contribution in [0.5, 0.6) is 0 Å². The summed E-state index contributed by atoms with van der Waals surface area (Å²) in [5, 5.41) is 9.25. The number of phosphoric ester groups is 1. The SMILES string of the molecule is CCCCC/C=C\C/C=C\CCCCCCCCCC(=O)O[C@H](COC(=O)CCC/C=C\C/C=C\C/C=C\C/C=C\CCC[C@@H](C)O)COP(=O)(O)O. The fourth-order valence-electron chi connectivity index (χ4n) is 5.18. The summed E-state index contributed by atoms with van der Waals surface area (Å²) in [5.41, 5.74) is 0. The fraction of sp³-hybridized carbons (Fsp3) is 0.674. The Hall–Kier alpha value is -2.55. The molecule has 0 aromatic carbocycles. The van der Waals surface area contributed by atoms with Crippen molar-refractivity contribution in [1.82, 2.24) is 0 Å². The molecular formula is C43H73O9P. The molecule has 0 aliphatic carbocycles. The Bertz CT molecular complexity index is 1100. The van der Waals surface area contributed by atoms with Gasteiger partial charge in [0.15, 0.2) is 6.10 Å². The molecule has 0 aromatic rings. The highest BCUT2D eigenvalue weighted by Crippen LogP contribution is 2.36. The van der Waals surface area contributed by atoms with Crippen LogP contribution in [0.15, 0.2) is 72.9 Å². The highest BCUT2D eigenvalue weighted by Gasteiger charge is 2.22. The van der Waals surface area contributed by atoms with Crippen molar-refractivity contribution in [1.29, 1.82) is 0 Å². The lowest BCUT2D eigenvalue weighted by Crippen LogP contribution is -2.29. The molecule has 0 saturated heterocycles. The molecule has 0 aromatic heterocycles. The number of hydrogen-bond donors (Lipinski definition) is 3. The molecule has 0 amide bonds. The summed E-state index contributed by atoms with van der Waals surface area (Å²) in [7, 11) is -4.78. The molecule has 0 spiro atoms. The van der Waals surface area contributed by atoms with Crippen LogP contribution in [0.25, 0.3) is 0 Å². The Labute approximate surface area is 322 Å². The van der Waals surface area contributed by atoms with Gasteiger partial charge in [0.1, 0.15) is 6.61 Å². The summed E-state index contributed by atoms with van der Waals surface area (Å²) in [6.45, 7) is 3.15. The maximum absolute atomic E-state index is 12.4. The molecule has 2 atom stereocenters. The number of ether oxygens (including phenoxy) is 2. The van der Waals surface area contributed by atoms with Crippen LogP contribution in [-0.2, 0) is 28.2 Å². The van der Waals surface area contributed by atoms with Crippen molar-refractivity contribution < 1.29 is 43.0 Å². The summed E-state index contributed by atoms with van der Waals surface area (Å²) < 4.78 is 26.3. The maximum Gasteiger partial charge on any atom is 0.469 e. The van der Waals surface area contributed by atoms with Crippen LogP contribution in [0.4, 0.5) is 0 Å². The van der Waals surface area contributed by atoms with Gasteiger partial charge in [-0.25, -0.2) is 4.57 Å². The number of carbonyl (C=O) groups is 2. The van der Waals surface area contributed by atoms with Crippen molar-refractivity contribution in [2.24, 2.45) is 0 Å². The molecular weight excluding hydrogens is 691 g/mol. The molecule has 0 radical (unpaired) electrons. The van der Waals surface area contributed by atoms with Crippen molar-refractivity contribution in [3.05, 3.63) is 72.9 Å². The average Bonchev–Trinajstić information content (AvgIpc) is 3.11. The summed E-state index contributed by atoms with van der Waals surface area (Å²) >= 11 is 0. The number of esters is 2. The summed E-state index contributed by atoms with van der Waals surface area (Å²) in [6.07, 6.45) is 46.1. The van der Waals surface area contributed by atoms with Gasteiger partial charge in [0.25, 0.3) is 0 Å². The van der Waals surface area contributed by atoms with Gasteiger partial charge in [-0.15, -0.1) is 0 Å². The topological polar surface area (TPSA) is 140 Å². The van der Waals surface area contributed by atoms with E-state index in [1.54, 1.807) is 0 Å². The number of aliphatic hydroxyl groups is 1. The zero-order chi connectivity index (χ0) is 39.1. The van der Waals surface area contributed by atoms with E-state index in [0.717, 1.165) is 70.6 Å². The molecule has 0 fully saturated rings. The number of phosphoric acid groups is 1. The summed E-state index contributed by atoms with van der Waals surface area (Å²) in [4.78, 5) is 42.8. The molecule has 0 heterocycles. The molecule has 9 nitrogen and oxygen atoms in total. The Morgan fingerprint density at radius 1 is 0.566 bits per heavy atom. The molecule has 0 unspecified atom stereocenters. The van der Waals surface area contributed by atoms with E-state index in [9.17, 15) is 19.3 Å². The summed E-state index contributed by atoms with van der Waals surface area (Å²) in [6, 6.07) is 0. The second kappa shape index (κ2) is 37.8. The smallest absolute Gasteiger partial charge is 0.462 e. The van der Waals surface area contributed by atoms with Gasteiger partial charge in [-0.3, -0.25) is 14.1 Å². The Kier molecular flexibility index (Phi) is 35.9. The van der Waals surface area contributed by atoms with E-state index in [1.807, 2.05) is 19.1 Å². The van der Waals surface area contributed by atoms with E-state index >= 15 is 0 Å². The van der Waals surface area contributed by atoms with E-state index in [2.05, 4.69) is 72.2 Å². The van der Waals surface area contributed by atoms with Crippen LogP contribution in [-0.4, -0.2) is 52.3 Å². The summed E-state index contributed by atoms with van der Waals surface area (Å²) in [5.74, 6) is -0.982. The Balaban J connectivity index is 4.06. The third kappa shape index (κ3) is 42.1. The Morgan fingerprint density at radius 2 is 1.00 bits per heavy atom. The highest BCUT2D eigenvalue weighted by atomic mass is 31.2. The van der Waals surface area contributed by atoms with Crippen LogP contribution < -0.4 is 0 Å². The van der Waals surface area contributed by atoms with Crippen LogP contribution >= 0.6 is 7.82 Å². The molecule has 0 saturated carbocycles. The first kappa shape index (κ1) is 50.5. The van der Waals surface area contributed by atoms with Gasteiger partial charge >= 0.3 is 19.8 Å². The third-order valence-electron chi connectivity index (χ3n) is 8.22. The quantitative estimate of drug-likeness (QED) is 0.0246. The second-order valence-electron chi connectivity index (χ2n) is 13.5.